The molecule has 1 aromatic heterocycles. The highest BCUT2D eigenvalue weighted by atomic mass is 32.2. The molecule has 0 aliphatic rings. The summed E-state index contributed by atoms with van der Waals surface area (Å²) >= 11 is 2.99. The van der Waals surface area contributed by atoms with Crippen molar-refractivity contribution in [3.05, 3.63) is 83.9 Å². The van der Waals surface area contributed by atoms with Gasteiger partial charge >= 0.3 is 0 Å². The number of nitrogen functional groups attached to an aromatic ring is 1. The number of nitrogens with zero attached hydrogens (tertiary/aromatic N) is 1. The molecule has 3 aromatic carbocycles. The van der Waals surface area contributed by atoms with E-state index in [9.17, 15) is 4.79 Å². The van der Waals surface area contributed by atoms with Gasteiger partial charge in [0.1, 0.15) is 5.25 Å². The van der Waals surface area contributed by atoms with E-state index in [1.54, 1.807) is 0 Å². The van der Waals surface area contributed by atoms with Gasteiger partial charge in [-0.1, -0.05) is 47.7 Å². The zero-order valence-electron chi connectivity index (χ0n) is 15.3. The van der Waals surface area contributed by atoms with Gasteiger partial charge in [-0.2, -0.15) is 0 Å². The number of carbonyl (C=O) groups is 1. The molecule has 4 rings (SSSR count). The van der Waals surface area contributed by atoms with Crippen LogP contribution in [-0.2, 0) is 4.79 Å². The zero-order valence-corrected chi connectivity index (χ0v) is 16.9. The molecule has 4 nitrogen and oxygen atoms in total. The quantitative estimate of drug-likeness (QED) is 0.332. The van der Waals surface area contributed by atoms with Crippen molar-refractivity contribution in [2.24, 2.45) is 0 Å². The number of benzene rings is 3. The second-order valence-electron chi connectivity index (χ2n) is 6.46. The Morgan fingerprint density at radius 3 is 2.57 bits per heavy atom. The number of fused-ring (bicyclic) bond motifs is 1. The van der Waals surface area contributed by atoms with Gasteiger partial charge in [0.05, 0.1) is 10.2 Å². The lowest BCUT2D eigenvalue weighted by Crippen LogP contribution is -2.18. The molecule has 1 heterocycles. The summed E-state index contributed by atoms with van der Waals surface area (Å²) in [6.45, 7) is 2.05. The van der Waals surface area contributed by atoms with Crippen molar-refractivity contribution in [1.82, 2.24) is 4.98 Å². The van der Waals surface area contributed by atoms with Gasteiger partial charge < -0.3 is 11.1 Å². The highest BCUT2D eigenvalue weighted by molar-refractivity contribution is 8.00. The van der Waals surface area contributed by atoms with Gasteiger partial charge in [0.15, 0.2) is 5.13 Å². The summed E-state index contributed by atoms with van der Waals surface area (Å²) in [4.78, 5) is 18.7. The number of hydrogen-bond donors (Lipinski definition) is 2. The number of amides is 1. The topological polar surface area (TPSA) is 68.0 Å². The van der Waals surface area contributed by atoms with Crippen LogP contribution in [0.1, 0.15) is 16.4 Å². The molecular weight excluding hydrogens is 386 g/mol. The molecule has 3 N–H and O–H groups in total. The van der Waals surface area contributed by atoms with E-state index in [1.165, 1.54) is 28.7 Å². The van der Waals surface area contributed by atoms with Gasteiger partial charge in [-0.15, -0.1) is 11.8 Å². The summed E-state index contributed by atoms with van der Waals surface area (Å²) in [5.41, 5.74) is 9.50. The molecule has 0 saturated carbocycles. The number of nitrogens with two attached hydrogens (primary N) is 1. The minimum absolute atomic E-state index is 0.0937. The zero-order chi connectivity index (χ0) is 19.5. The van der Waals surface area contributed by atoms with E-state index in [-0.39, 0.29) is 5.91 Å². The third-order valence-corrected chi connectivity index (χ3v) is 6.45. The first kappa shape index (κ1) is 18.5. The molecule has 0 radical (unpaired) electrons. The fourth-order valence-corrected chi connectivity index (χ4v) is 4.83. The van der Waals surface area contributed by atoms with Crippen LogP contribution in [-0.4, -0.2) is 10.9 Å². The largest absolute Gasteiger partial charge is 0.399 e. The Kier molecular flexibility index (Phi) is 5.32. The number of aryl methyl sites for hydroxylation is 1. The highest BCUT2D eigenvalue weighted by Crippen LogP contribution is 2.37. The number of thioether (sulfide) groups is 1. The maximum atomic E-state index is 13.1. The summed E-state index contributed by atoms with van der Waals surface area (Å²) in [5, 5.41) is 3.23. The summed E-state index contributed by atoms with van der Waals surface area (Å²) < 4.78 is 1.07. The van der Waals surface area contributed by atoms with Gasteiger partial charge in [-0.3, -0.25) is 4.79 Å². The molecule has 4 aromatic rings. The van der Waals surface area contributed by atoms with Crippen molar-refractivity contribution in [3.63, 3.8) is 0 Å². The van der Waals surface area contributed by atoms with Crippen molar-refractivity contribution in [2.75, 3.05) is 11.1 Å². The molecule has 0 saturated heterocycles. The molecule has 140 valence electrons. The number of nitrogens with one attached hydrogen (secondary N) is 1. The lowest BCUT2D eigenvalue weighted by atomic mass is 10.1. The highest BCUT2D eigenvalue weighted by Gasteiger charge is 2.23. The first-order valence-corrected chi connectivity index (χ1v) is 10.5. The van der Waals surface area contributed by atoms with Crippen LogP contribution in [0.15, 0.2) is 77.7 Å². The van der Waals surface area contributed by atoms with Crippen LogP contribution in [0.2, 0.25) is 0 Å². The Morgan fingerprint density at radius 1 is 1.07 bits per heavy atom. The molecule has 1 amide bonds. The first-order valence-electron chi connectivity index (χ1n) is 8.84. The van der Waals surface area contributed by atoms with E-state index >= 15 is 0 Å². The minimum atomic E-state index is -0.390. The maximum Gasteiger partial charge on any atom is 0.244 e. The summed E-state index contributed by atoms with van der Waals surface area (Å²) in [6.07, 6.45) is 0. The number of hydrogen-bond acceptors (Lipinski definition) is 5. The number of rotatable bonds is 5. The summed E-state index contributed by atoms with van der Waals surface area (Å²) in [7, 11) is 0. The van der Waals surface area contributed by atoms with E-state index < -0.39 is 5.25 Å². The molecule has 0 aliphatic carbocycles. The Labute approximate surface area is 171 Å². The van der Waals surface area contributed by atoms with E-state index in [1.807, 2.05) is 73.7 Å². The molecule has 0 spiro atoms. The monoisotopic (exact) mass is 405 g/mol. The third-order valence-electron chi connectivity index (χ3n) is 4.25. The van der Waals surface area contributed by atoms with Crippen LogP contribution in [0.25, 0.3) is 10.2 Å². The molecule has 1 atom stereocenters. The van der Waals surface area contributed by atoms with E-state index in [4.69, 9.17) is 5.73 Å². The van der Waals surface area contributed by atoms with Crippen molar-refractivity contribution >= 4 is 50.0 Å². The van der Waals surface area contributed by atoms with Crippen molar-refractivity contribution in [3.8, 4) is 0 Å². The standard InChI is InChI=1S/C22H19N3OS2/c1-14-7-12-18-19(13-14)28-22(24-18)25-21(26)20(15-5-3-2-4-6-15)27-17-10-8-16(23)9-11-17/h2-13,20H,23H2,1H3,(H,24,25,26). The normalized spacial score (nSPS) is 12.0. The molecular formula is C22H19N3OS2. The van der Waals surface area contributed by atoms with Crippen LogP contribution in [0.3, 0.4) is 0 Å². The first-order chi connectivity index (χ1) is 13.6. The molecule has 6 heteroatoms. The van der Waals surface area contributed by atoms with Crippen molar-refractivity contribution in [2.45, 2.75) is 17.1 Å². The lowest BCUT2D eigenvalue weighted by Gasteiger charge is -2.16. The van der Waals surface area contributed by atoms with Crippen LogP contribution >= 0.6 is 23.1 Å². The van der Waals surface area contributed by atoms with Crippen LogP contribution in [0.5, 0.6) is 0 Å². The van der Waals surface area contributed by atoms with Crippen LogP contribution in [0.4, 0.5) is 10.8 Å². The third kappa shape index (κ3) is 4.18. The van der Waals surface area contributed by atoms with Gasteiger partial charge in [-0.05, 0) is 54.4 Å². The lowest BCUT2D eigenvalue weighted by molar-refractivity contribution is -0.115. The average Bonchev–Trinajstić information content (AvgIpc) is 3.09. The smallest absolute Gasteiger partial charge is 0.244 e. The maximum absolute atomic E-state index is 13.1. The number of aromatic nitrogens is 1. The number of thiazole rings is 1. The fraction of sp³-hybridized carbons (Fsp3) is 0.0909. The minimum Gasteiger partial charge on any atom is -0.399 e. The second kappa shape index (κ2) is 8.04. The average molecular weight is 406 g/mol. The van der Waals surface area contributed by atoms with Crippen LogP contribution in [0, 0.1) is 6.92 Å². The molecule has 0 aliphatic heterocycles. The Morgan fingerprint density at radius 2 is 1.82 bits per heavy atom. The Hall–Kier alpha value is -2.83. The molecule has 0 fully saturated rings. The predicted octanol–water partition coefficient (Wildman–Crippen LogP) is 5.66. The predicted molar refractivity (Wildman–Crippen MR) is 119 cm³/mol. The van der Waals surface area contributed by atoms with Gasteiger partial charge in [0.2, 0.25) is 5.91 Å². The van der Waals surface area contributed by atoms with Crippen LogP contribution < -0.4 is 11.1 Å². The summed E-state index contributed by atoms with van der Waals surface area (Å²) in [6, 6.07) is 23.4. The van der Waals surface area contributed by atoms with Crippen molar-refractivity contribution < 1.29 is 4.79 Å². The van der Waals surface area contributed by atoms with E-state index in [0.29, 0.717) is 10.8 Å². The SMILES string of the molecule is Cc1ccc2nc(NC(=O)C(Sc3ccc(N)cc3)c3ccccc3)sc2c1. The van der Waals surface area contributed by atoms with Gasteiger partial charge in [-0.25, -0.2) is 4.98 Å². The van der Waals surface area contributed by atoms with Gasteiger partial charge in [0, 0.05) is 10.6 Å². The number of carbonyl (C=O) groups excluding carboxylic acids is 1. The van der Waals surface area contributed by atoms with Gasteiger partial charge in [0.25, 0.3) is 0 Å². The Bertz CT molecular complexity index is 1110. The van der Waals surface area contributed by atoms with E-state index in [2.05, 4.69) is 16.4 Å². The number of anilines is 2. The second-order valence-corrected chi connectivity index (χ2v) is 8.67. The molecule has 1 unspecified atom stereocenters. The fourth-order valence-electron chi connectivity index (χ4n) is 2.84. The van der Waals surface area contributed by atoms with Crippen molar-refractivity contribution in [1.29, 1.82) is 0 Å². The molecule has 0 bridgehead atoms. The Balaban J connectivity index is 1.61. The summed E-state index contributed by atoms with van der Waals surface area (Å²) in [5.74, 6) is -0.0937. The molecule has 28 heavy (non-hydrogen) atoms. The van der Waals surface area contributed by atoms with E-state index in [0.717, 1.165) is 20.7 Å².